The van der Waals surface area contributed by atoms with Crippen LogP contribution in [0.15, 0.2) is 36.5 Å². The number of methoxy groups -OCH3 is 1. The maximum absolute atomic E-state index is 13.6. The van der Waals surface area contributed by atoms with Gasteiger partial charge < -0.3 is 14.5 Å². The first kappa shape index (κ1) is 18.4. The number of hydrogen-bond donors (Lipinski definition) is 1. The number of halogens is 1. The van der Waals surface area contributed by atoms with Crippen LogP contribution in [-0.2, 0) is 14.3 Å². The third-order valence-electron chi connectivity index (χ3n) is 2.69. The Kier molecular flexibility index (Phi) is 6.50. The van der Waals surface area contributed by atoms with Crippen LogP contribution >= 0.6 is 0 Å². The molecule has 0 amide bonds. The Bertz CT molecular complexity index is 645. The van der Waals surface area contributed by atoms with E-state index in [1.807, 2.05) is 32.9 Å². The Hall–Kier alpha value is -2.63. The number of carbonyl (C=O) groups is 2. The van der Waals surface area contributed by atoms with Gasteiger partial charge in [-0.25, -0.2) is 9.18 Å². The van der Waals surface area contributed by atoms with Crippen molar-refractivity contribution in [2.24, 2.45) is 0 Å². The molecule has 0 spiro atoms. The monoisotopic (exact) mass is 321 g/mol. The van der Waals surface area contributed by atoms with E-state index in [0.717, 1.165) is 5.69 Å². The van der Waals surface area contributed by atoms with Gasteiger partial charge in [-0.05, 0) is 45.0 Å². The van der Waals surface area contributed by atoms with Crippen LogP contribution in [0.4, 0.5) is 4.39 Å². The van der Waals surface area contributed by atoms with Gasteiger partial charge in [0.25, 0.3) is 6.47 Å². The lowest BCUT2D eigenvalue weighted by Crippen LogP contribution is -2.17. The van der Waals surface area contributed by atoms with Crippen LogP contribution in [0, 0.1) is 5.82 Å². The summed E-state index contributed by atoms with van der Waals surface area (Å²) in [7, 11) is 1.22. The topological polar surface area (TPSA) is 68.4 Å². The van der Waals surface area contributed by atoms with E-state index >= 15 is 0 Å². The molecule has 0 saturated carbocycles. The number of ether oxygens (including phenoxy) is 2. The third kappa shape index (κ3) is 5.94. The fourth-order valence-electron chi connectivity index (χ4n) is 1.61. The average molecular weight is 321 g/mol. The SMILES string of the molecule is CC(C)(C)OC=O.COC(=O)c1ccc(-c2ccc[nH]2)cc1F. The molecule has 0 bridgehead atoms. The van der Waals surface area contributed by atoms with Crippen molar-refractivity contribution in [1.82, 2.24) is 4.98 Å². The van der Waals surface area contributed by atoms with Gasteiger partial charge >= 0.3 is 5.97 Å². The Morgan fingerprint density at radius 1 is 1.26 bits per heavy atom. The molecule has 5 nitrogen and oxygen atoms in total. The fraction of sp³-hybridized carbons (Fsp3) is 0.294. The second-order valence-corrected chi connectivity index (χ2v) is 5.60. The van der Waals surface area contributed by atoms with E-state index in [-0.39, 0.29) is 11.2 Å². The predicted molar refractivity (Wildman–Crippen MR) is 84.4 cm³/mol. The first-order valence-corrected chi connectivity index (χ1v) is 6.91. The number of carbonyl (C=O) groups excluding carboxylic acids is 2. The summed E-state index contributed by atoms with van der Waals surface area (Å²) >= 11 is 0. The lowest BCUT2D eigenvalue weighted by molar-refractivity contribution is -0.138. The first-order valence-electron chi connectivity index (χ1n) is 6.91. The van der Waals surface area contributed by atoms with Crippen LogP contribution in [0.25, 0.3) is 11.3 Å². The second kappa shape index (κ2) is 8.12. The van der Waals surface area contributed by atoms with Crippen LogP contribution in [-0.4, -0.2) is 30.1 Å². The average Bonchev–Trinajstić information content (AvgIpc) is 3.00. The van der Waals surface area contributed by atoms with E-state index in [2.05, 4.69) is 14.5 Å². The van der Waals surface area contributed by atoms with Crippen molar-refractivity contribution in [1.29, 1.82) is 0 Å². The summed E-state index contributed by atoms with van der Waals surface area (Å²) in [5, 5.41) is 0. The molecule has 0 fully saturated rings. The van der Waals surface area contributed by atoms with E-state index in [1.54, 1.807) is 12.3 Å². The summed E-state index contributed by atoms with van der Waals surface area (Å²) in [6.07, 6.45) is 1.75. The van der Waals surface area contributed by atoms with E-state index in [4.69, 9.17) is 0 Å². The molecule has 23 heavy (non-hydrogen) atoms. The molecule has 1 N–H and O–H groups in total. The van der Waals surface area contributed by atoms with Gasteiger partial charge in [0.05, 0.1) is 12.7 Å². The Morgan fingerprint density at radius 3 is 2.35 bits per heavy atom. The van der Waals surface area contributed by atoms with Crippen LogP contribution in [0.1, 0.15) is 31.1 Å². The first-order chi connectivity index (χ1) is 10.8. The second-order valence-electron chi connectivity index (χ2n) is 5.60. The molecule has 0 saturated heterocycles. The number of esters is 1. The standard InChI is InChI=1S/C12H10FNO2.C5H10O2/c1-16-12(15)9-5-4-8(7-10(9)13)11-3-2-6-14-11;1-5(2,3)7-4-6/h2-7,14H,1H3;4H,1-3H3. The van der Waals surface area contributed by atoms with Crippen molar-refractivity contribution in [2.75, 3.05) is 7.11 Å². The third-order valence-corrected chi connectivity index (χ3v) is 2.69. The summed E-state index contributed by atoms with van der Waals surface area (Å²) in [4.78, 5) is 23.7. The summed E-state index contributed by atoms with van der Waals surface area (Å²) in [5.74, 6) is -1.26. The normalized spacial score (nSPS) is 10.3. The molecule has 0 aliphatic rings. The van der Waals surface area contributed by atoms with Crippen molar-refractivity contribution >= 4 is 12.4 Å². The number of nitrogens with one attached hydrogen (secondary N) is 1. The van der Waals surface area contributed by atoms with E-state index in [0.29, 0.717) is 12.0 Å². The molecule has 2 rings (SSSR count). The molecule has 1 heterocycles. The highest BCUT2D eigenvalue weighted by atomic mass is 19.1. The van der Waals surface area contributed by atoms with Gasteiger partial charge in [0.1, 0.15) is 11.4 Å². The minimum Gasteiger partial charge on any atom is -0.465 e. The molecule has 124 valence electrons. The smallest absolute Gasteiger partial charge is 0.340 e. The molecule has 0 radical (unpaired) electrons. The van der Waals surface area contributed by atoms with Crippen molar-refractivity contribution in [3.05, 3.63) is 47.9 Å². The van der Waals surface area contributed by atoms with Gasteiger partial charge in [0.15, 0.2) is 0 Å². The van der Waals surface area contributed by atoms with Crippen LogP contribution < -0.4 is 0 Å². The molecule has 0 atom stereocenters. The fourth-order valence-corrected chi connectivity index (χ4v) is 1.61. The van der Waals surface area contributed by atoms with Crippen LogP contribution in [0.2, 0.25) is 0 Å². The molecule has 0 aliphatic carbocycles. The van der Waals surface area contributed by atoms with Gasteiger partial charge in [-0.1, -0.05) is 6.07 Å². The van der Waals surface area contributed by atoms with Gasteiger partial charge in [0, 0.05) is 17.5 Å². The zero-order valence-corrected chi connectivity index (χ0v) is 13.6. The van der Waals surface area contributed by atoms with Crippen molar-refractivity contribution < 1.29 is 23.5 Å². The Morgan fingerprint density at radius 2 is 1.96 bits per heavy atom. The molecule has 0 aliphatic heterocycles. The highest BCUT2D eigenvalue weighted by Crippen LogP contribution is 2.20. The summed E-state index contributed by atoms with van der Waals surface area (Å²) in [5.41, 5.74) is 1.12. The number of benzene rings is 1. The maximum atomic E-state index is 13.6. The quantitative estimate of drug-likeness (QED) is 0.693. The molecule has 1 aromatic heterocycles. The van der Waals surface area contributed by atoms with E-state index < -0.39 is 11.8 Å². The highest BCUT2D eigenvalue weighted by molar-refractivity contribution is 5.90. The number of aromatic amines is 1. The van der Waals surface area contributed by atoms with Gasteiger partial charge in [-0.15, -0.1) is 0 Å². The zero-order chi connectivity index (χ0) is 17.5. The van der Waals surface area contributed by atoms with Crippen molar-refractivity contribution in [3.8, 4) is 11.3 Å². The number of H-pyrrole nitrogens is 1. The number of hydrogen-bond acceptors (Lipinski definition) is 4. The van der Waals surface area contributed by atoms with Crippen LogP contribution in [0.3, 0.4) is 0 Å². The van der Waals surface area contributed by atoms with Crippen LogP contribution in [0.5, 0.6) is 0 Å². The molecule has 2 aromatic rings. The highest BCUT2D eigenvalue weighted by Gasteiger charge is 2.12. The lowest BCUT2D eigenvalue weighted by Gasteiger charge is -2.14. The molecule has 1 aromatic carbocycles. The number of aromatic nitrogens is 1. The van der Waals surface area contributed by atoms with Gasteiger partial charge in [-0.2, -0.15) is 0 Å². The minimum atomic E-state index is -0.671. The Balaban J connectivity index is 0.000000322. The maximum Gasteiger partial charge on any atom is 0.340 e. The Labute approximate surface area is 134 Å². The lowest BCUT2D eigenvalue weighted by atomic mass is 10.1. The van der Waals surface area contributed by atoms with Crippen molar-refractivity contribution in [2.45, 2.75) is 26.4 Å². The largest absolute Gasteiger partial charge is 0.465 e. The predicted octanol–water partition coefficient (Wildman–Crippen LogP) is 3.57. The van der Waals surface area contributed by atoms with E-state index in [1.165, 1.54) is 19.2 Å². The van der Waals surface area contributed by atoms with Gasteiger partial charge in [-0.3, -0.25) is 4.79 Å². The summed E-state index contributed by atoms with van der Waals surface area (Å²) in [6.45, 7) is 5.92. The molecular weight excluding hydrogens is 301 g/mol. The zero-order valence-electron chi connectivity index (χ0n) is 13.6. The van der Waals surface area contributed by atoms with Crippen molar-refractivity contribution in [3.63, 3.8) is 0 Å². The van der Waals surface area contributed by atoms with Gasteiger partial charge in [0.2, 0.25) is 0 Å². The summed E-state index contributed by atoms with van der Waals surface area (Å²) in [6, 6.07) is 8.03. The number of rotatable bonds is 3. The summed E-state index contributed by atoms with van der Waals surface area (Å²) < 4.78 is 22.6. The minimum absolute atomic E-state index is 0.0576. The van der Waals surface area contributed by atoms with E-state index in [9.17, 15) is 14.0 Å². The molecule has 0 unspecified atom stereocenters. The molecular formula is C17H20FNO4. The molecule has 6 heteroatoms.